The molecule has 0 saturated carbocycles. The van der Waals surface area contributed by atoms with Crippen LogP contribution >= 0.6 is 23.2 Å². The predicted octanol–water partition coefficient (Wildman–Crippen LogP) is 0.761. The Labute approximate surface area is 122 Å². The van der Waals surface area contributed by atoms with Crippen LogP contribution in [0.4, 0.5) is 4.79 Å². The third-order valence-corrected chi connectivity index (χ3v) is 3.18. The largest absolute Gasteiger partial charge is 0.378 e. The van der Waals surface area contributed by atoms with Gasteiger partial charge in [0.15, 0.2) is 0 Å². The van der Waals surface area contributed by atoms with E-state index in [-0.39, 0.29) is 11.9 Å². The normalized spacial score (nSPS) is 19.5. The second kappa shape index (κ2) is 9.36. The first-order valence-corrected chi connectivity index (χ1v) is 7.00. The lowest BCUT2D eigenvalue weighted by atomic mass is 10.4. The molecule has 0 N–H and O–H groups in total. The van der Waals surface area contributed by atoms with Gasteiger partial charge in [0.25, 0.3) is 0 Å². The van der Waals surface area contributed by atoms with E-state index < -0.39 is 5.24 Å². The van der Waals surface area contributed by atoms with Gasteiger partial charge in [-0.1, -0.05) is 0 Å². The van der Waals surface area contributed by atoms with E-state index in [0.29, 0.717) is 26.4 Å². The van der Waals surface area contributed by atoms with Crippen LogP contribution in [0.25, 0.3) is 0 Å². The van der Waals surface area contributed by atoms with Crippen LogP contribution < -0.4 is 0 Å². The summed E-state index contributed by atoms with van der Waals surface area (Å²) in [5.41, 5.74) is 0. The minimum atomic E-state index is -0.508. The van der Waals surface area contributed by atoms with E-state index in [1.165, 1.54) is 0 Å². The van der Waals surface area contributed by atoms with Gasteiger partial charge in [0.05, 0.1) is 32.3 Å². The fourth-order valence-electron chi connectivity index (χ4n) is 1.71. The minimum absolute atomic E-state index is 0.0957. The molecule has 2 saturated heterocycles. The highest BCUT2D eigenvalue weighted by atomic mass is 35.5. The molecule has 8 heteroatoms. The standard InChI is InChI=1S/C9H16N2O3.C2H2Cl2O/c12-9(10-1-5-13-6-2-10)11-3-7-14-8-4-11;3-1-2(4)5/h1-8H2;1H2. The van der Waals surface area contributed by atoms with Gasteiger partial charge in [-0.3, -0.25) is 4.79 Å². The smallest absolute Gasteiger partial charge is 0.320 e. The number of carbonyl (C=O) groups is 2. The van der Waals surface area contributed by atoms with Gasteiger partial charge in [-0.05, 0) is 11.6 Å². The molecular formula is C11H18Cl2N2O4. The highest BCUT2D eigenvalue weighted by Crippen LogP contribution is 2.05. The van der Waals surface area contributed by atoms with Crippen molar-refractivity contribution in [2.75, 3.05) is 58.5 Å². The molecule has 6 nitrogen and oxygen atoms in total. The number of morpholine rings is 2. The number of halogens is 2. The monoisotopic (exact) mass is 312 g/mol. The zero-order chi connectivity index (χ0) is 14.1. The SMILES string of the molecule is O=C(Cl)CCl.O=C(N1CCOCC1)N1CCOCC1. The van der Waals surface area contributed by atoms with E-state index in [1.54, 1.807) is 0 Å². The summed E-state index contributed by atoms with van der Waals surface area (Å²) in [6.45, 7) is 5.52. The summed E-state index contributed by atoms with van der Waals surface area (Å²) in [6.07, 6.45) is 0. The van der Waals surface area contributed by atoms with Crippen molar-refractivity contribution in [3.63, 3.8) is 0 Å². The van der Waals surface area contributed by atoms with Gasteiger partial charge in [0.1, 0.15) is 0 Å². The molecule has 2 aliphatic heterocycles. The summed E-state index contributed by atoms with van der Waals surface area (Å²) in [5, 5.41) is -0.508. The third kappa shape index (κ3) is 6.42. The van der Waals surface area contributed by atoms with Crippen molar-refractivity contribution in [1.82, 2.24) is 9.80 Å². The summed E-state index contributed by atoms with van der Waals surface area (Å²) >= 11 is 9.55. The Hall–Kier alpha value is -0.560. The highest BCUT2D eigenvalue weighted by Gasteiger charge is 2.23. The van der Waals surface area contributed by atoms with E-state index >= 15 is 0 Å². The summed E-state index contributed by atoms with van der Waals surface area (Å²) in [4.78, 5) is 25.1. The number of alkyl halides is 1. The Morgan fingerprint density at radius 2 is 1.21 bits per heavy atom. The molecule has 0 aromatic heterocycles. The van der Waals surface area contributed by atoms with Gasteiger partial charge < -0.3 is 19.3 Å². The first-order valence-electron chi connectivity index (χ1n) is 6.08. The Morgan fingerprint density at radius 1 is 0.895 bits per heavy atom. The lowest BCUT2D eigenvalue weighted by Crippen LogP contribution is -2.51. The molecule has 0 radical (unpaired) electrons. The van der Waals surface area contributed by atoms with E-state index in [9.17, 15) is 9.59 Å². The lowest BCUT2D eigenvalue weighted by Gasteiger charge is -2.34. The van der Waals surface area contributed by atoms with E-state index in [0.717, 1.165) is 26.2 Å². The number of hydrogen-bond acceptors (Lipinski definition) is 4. The van der Waals surface area contributed by atoms with E-state index in [1.807, 2.05) is 9.80 Å². The maximum atomic E-state index is 11.9. The number of urea groups is 1. The third-order valence-electron chi connectivity index (χ3n) is 2.67. The molecule has 110 valence electrons. The van der Waals surface area contributed by atoms with Gasteiger partial charge in [-0.15, -0.1) is 11.6 Å². The molecule has 0 aromatic rings. The molecule has 2 heterocycles. The summed E-state index contributed by atoms with van der Waals surface area (Å²) in [7, 11) is 0. The first-order chi connectivity index (χ1) is 9.15. The van der Waals surface area contributed by atoms with Crippen LogP contribution in [-0.4, -0.2) is 79.6 Å². The molecule has 0 unspecified atom stereocenters. The topological polar surface area (TPSA) is 59.1 Å². The zero-order valence-electron chi connectivity index (χ0n) is 10.6. The number of rotatable bonds is 1. The van der Waals surface area contributed by atoms with Crippen molar-refractivity contribution in [3.8, 4) is 0 Å². The van der Waals surface area contributed by atoms with Crippen molar-refractivity contribution >= 4 is 34.5 Å². The van der Waals surface area contributed by atoms with Gasteiger partial charge >= 0.3 is 6.03 Å². The van der Waals surface area contributed by atoms with Crippen LogP contribution in [0.3, 0.4) is 0 Å². The minimum Gasteiger partial charge on any atom is -0.378 e. The molecule has 0 atom stereocenters. The predicted molar refractivity (Wildman–Crippen MR) is 71.8 cm³/mol. The number of nitrogens with zero attached hydrogens (tertiary/aromatic N) is 2. The second-order valence-corrected chi connectivity index (χ2v) is 4.66. The Kier molecular flexibility index (Phi) is 8.13. The summed E-state index contributed by atoms with van der Waals surface area (Å²) in [5.74, 6) is -0.0957. The quantitative estimate of drug-likeness (QED) is 0.530. The Balaban J connectivity index is 0.000000312. The van der Waals surface area contributed by atoms with Crippen molar-refractivity contribution in [2.45, 2.75) is 0 Å². The number of hydrogen-bond donors (Lipinski definition) is 0. The molecule has 2 aliphatic rings. The van der Waals surface area contributed by atoms with Crippen LogP contribution in [0.1, 0.15) is 0 Å². The van der Waals surface area contributed by atoms with Gasteiger partial charge in [0, 0.05) is 26.2 Å². The van der Waals surface area contributed by atoms with Gasteiger partial charge in [-0.2, -0.15) is 0 Å². The van der Waals surface area contributed by atoms with Gasteiger partial charge in [0.2, 0.25) is 5.24 Å². The molecule has 0 bridgehead atoms. The fourth-order valence-corrected chi connectivity index (χ4v) is 1.71. The molecule has 2 amide bonds. The fraction of sp³-hybridized carbons (Fsp3) is 0.818. The zero-order valence-corrected chi connectivity index (χ0v) is 12.2. The molecule has 0 spiro atoms. The van der Waals surface area contributed by atoms with E-state index in [2.05, 4.69) is 0 Å². The Morgan fingerprint density at radius 3 is 1.47 bits per heavy atom. The average molecular weight is 313 g/mol. The Bertz CT molecular complexity index is 272. The summed E-state index contributed by atoms with van der Waals surface area (Å²) in [6, 6.07) is 0.136. The molecule has 0 aromatic carbocycles. The maximum absolute atomic E-state index is 11.9. The van der Waals surface area contributed by atoms with Crippen molar-refractivity contribution in [2.24, 2.45) is 0 Å². The number of amides is 2. The van der Waals surface area contributed by atoms with Crippen LogP contribution in [-0.2, 0) is 14.3 Å². The van der Waals surface area contributed by atoms with Crippen molar-refractivity contribution in [3.05, 3.63) is 0 Å². The van der Waals surface area contributed by atoms with E-state index in [4.69, 9.17) is 32.7 Å². The molecule has 2 rings (SSSR count). The first kappa shape index (κ1) is 16.5. The second-order valence-electron chi connectivity index (χ2n) is 3.97. The van der Waals surface area contributed by atoms with Crippen molar-refractivity contribution in [1.29, 1.82) is 0 Å². The average Bonchev–Trinajstić information content (AvgIpc) is 2.49. The van der Waals surface area contributed by atoms with Crippen molar-refractivity contribution < 1.29 is 19.1 Å². The molecular weight excluding hydrogens is 295 g/mol. The van der Waals surface area contributed by atoms with Crippen LogP contribution in [0.15, 0.2) is 0 Å². The van der Waals surface area contributed by atoms with Crippen LogP contribution in [0, 0.1) is 0 Å². The maximum Gasteiger partial charge on any atom is 0.320 e. The number of ether oxygens (including phenoxy) is 2. The van der Waals surface area contributed by atoms with Crippen LogP contribution in [0.5, 0.6) is 0 Å². The highest BCUT2D eigenvalue weighted by molar-refractivity contribution is 6.67. The molecule has 0 aliphatic carbocycles. The van der Waals surface area contributed by atoms with Gasteiger partial charge in [-0.25, -0.2) is 4.79 Å². The molecule has 19 heavy (non-hydrogen) atoms. The summed E-state index contributed by atoms with van der Waals surface area (Å²) < 4.78 is 10.4. The molecule has 2 fully saturated rings. The van der Waals surface area contributed by atoms with Crippen LogP contribution in [0.2, 0.25) is 0 Å². The lowest BCUT2D eigenvalue weighted by molar-refractivity contribution is -0.109. The number of carbonyl (C=O) groups excluding carboxylic acids is 2.